The maximum atomic E-state index is 14.4. The van der Waals surface area contributed by atoms with Crippen molar-refractivity contribution < 1.29 is 68.5 Å². The van der Waals surface area contributed by atoms with Crippen molar-refractivity contribution in [2.24, 2.45) is 11.8 Å². The van der Waals surface area contributed by atoms with Gasteiger partial charge in [0, 0.05) is 19.3 Å². The zero-order valence-electron chi connectivity index (χ0n) is 35.1. The van der Waals surface area contributed by atoms with Gasteiger partial charge in [0.25, 0.3) is 0 Å². The van der Waals surface area contributed by atoms with Crippen LogP contribution in [-0.4, -0.2) is 122 Å². The standard InChI is InChI=1S/C40H61BN6O14/c1-5-30(41(60)61)46-38(57)27(19-22(2)3)45-40(59)35(24-12-7-6-8-13-24)47-39(58)28(20-25-14-10-9-11-23(25)4)44-36(55)26(15-17-32(49)50)43-37(56)29(21-34(53)54)42-31(48)16-18-33(51)52/h9-11,14,22,24,26-30,35,60-61H,5-8,12-13,15-21H2,1-4H3,(H,42,48)(H,43,56)(H,44,55)(H,45,59)(H,46,57)(H,47,58)(H,49,50)(H,51,52)(H,53,54)/t26-,27-,28-,29-,30?,35-/m0/s1. The van der Waals surface area contributed by atoms with Crippen LogP contribution in [0.3, 0.4) is 0 Å². The first-order chi connectivity index (χ1) is 28.7. The number of hydrogen-bond donors (Lipinski definition) is 11. The lowest BCUT2D eigenvalue weighted by Crippen LogP contribution is -2.61. The van der Waals surface area contributed by atoms with Gasteiger partial charge >= 0.3 is 25.0 Å². The average Bonchev–Trinajstić information content (AvgIpc) is 3.19. The zero-order valence-corrected chi connectivity index (χ0v) is 35.1. The van der Waals surface area contributed by atoms with Crippen molar-refractivity contribution in [3.8, 4) is 0 Å². The van der Waals surface area contributed by atoms with E-state index in [0.29, 0.717) is 18.4 Å². The molecule has 0 heterocycles. The molecular formula is C40H61BN6O14. The molecule has 20 nitrogen and oxygen atoms in total. The predicted molar refractivity (Wildman–Crippen MR) is 219 cm³/mol. The van der Waals surface area contributed by atoms with E-state index in [-0.39, 0.29) is 31.1 Å². The van der Waals surface area contributed by atoms with E-state index >= 15 is 0 Å². The van der Waals surface area contributed by atoms with Gasteiger partial charge in [-0.15, -0.1) is 0 Å². The Morgan fingerprint density at radius 1 is 0.656 bits per heavy atom. The van der Waals surface area contributed by atoms with E-state index in [1.54, 1.807) is 38.1 Å². The van der Waals surface area contributed by atoms with E-state index in [4.69, 9.17) is 5.11 Å². The minimum absolute atomic E-state index is 0.0891. The Balaban J connectivity index is 2.50. The number of hydrogen-bond acceptors (Lipinski definition) is 11. The number of carbonyl (C=O) groups excluding carboxylic acids is 6. The Bertz CT molecular complexity index is 1700. The maximum absolute atomic E-state index is 14.4. The van der Waals surface area contributed by atoms with Crippen molar-refractivity contribution >= 4 is 60.5 Å². The van der Waals surface area contributed by atoms with Gasteiger partial charge in [-0.3, -0.25) is 43.2 Å². The third kappa shape index (κ3) is 18.7. The Morgan fingerprint density at radius 3 is 1.77 bits per heavy atom. The first-order valence-electron chi connectivity index (χ1n) is 20.6. The number of carboxylic acid groups (broad SMARTS) is 3. The van der Waals surface area contributed by atoms with Gasteiger partial charge in [0.05, 0.1) is 18.8 Å². The Hall–Kier alpha value is -5.57. The number of aliphatic carboxylic acids is 3. The van der Waals surface area contributed by atoms with Gasteiger partial charge < -0.3 is 57.3 Å². The van der Waals surface area contributed by atoms with Gasteiger partial charge in [-0.2, -0.15) is 0 Å². The highest BCUT2D eigenvalue weighted by Crippen LogP contribution is 2.27. The van der Waals surface area contributed by atoms with E-state index in [1.165, 1.54) is 0 Å². The quantitative estimate of drug-likeness (QED) is 0.0533. The molecule has 1 fully saturated rings. The van der Waals surface area contributed by atoms with Crippen LogP contribution in [0.25, 0.3) is 0 Å². The number of rotatable bonds is 26. The molecule has 11 N–H and O–H groups in total. The molecule has 0 aliphatic heterocycles. The van der Waals surface area contributed by atoms with Crippen molar-refractivity contribution in [1.82, 2.24) is 31.9 Å². The molecule has 0 radical (unpaired) electrons. The predicted octanol–water partition coefficient (Wildman–Crippen LogP) is -0.301. The summed E-state index contributed by atoms with van der Waals surface area (Å²) in [6, 6.07) is -0.267. The molecule has 21 heteroatoms. The molecule has 1 aromatic carbocycles. The zero-order chi connectivity index (χ0) is 45.8. The number of carboxylic acids is 3. The molecule has 2 rings (SSSR count). The lowest BCUT2D eigenvalue weighted by Gasteiger charge is -2.33. The summed E-state index contributed by atoms with van der Waals surface area (Å²) in [5.74, 6) is -11.0. The number of nitrogens with one attached hydrogen (secondary N) is 6. The molecule has 0 bridgehead atoms. The van der Waals surface area contributed by atoms with Crippen LogP contribution >= 0.6 is 0 Å². The topological polar surface area (TPSA) is 327 Å². The van der Waals surface area contributed by atoms with Crippen molar-refractivity contribution in [2.75, 3.05) is 0 Å². The lowest BCUT2D eigenvalue weighted by atomic mass is 9.77. The van der Waals surface area contributed by atoms with E-state index in [9.17, 15) is 63.4 Å². The molecule has 1 unspecified atom stereocenters. The van der Waals surface area contributed by atoms with Crippen LogP contribution in [0.5, 0.6) is 0 Å². The normalized spacial score (nSPS) is 15.7. The summed E-state index contributed by atoms with van der Waals surface area (Å²) in [5.41, 5.74) is 1.35. The minimum Gasteiger partial charge on any atom is -0.481 e. The highest BCUT2D eigenvalue weighted by Gasteiger charge is 2.37. The number of benzene rings is 1. The van der Waals surface area contributed by atoms with E-state index in [2.05, 4.69) is 31.9 Å². The van der Waals surface area contributed by atoms with Crippen molar-refractivity contribution in [3.63, 3.8) is 0 Å². The fraction of sp³-hybridized carbons (Fsp3) is 0.625. The summed E-state index contributed by atoms with van der Waals surface area (Å²) in [6.45, 7) is 7.08. The first kappa shape index (κ1) is 51.6. The van der Waals surface area contributed by atoms with Crippen LogP contribution in [0.2, 0.25) is 0 Å². The van der Waals surface area contributed by atoms with Gasteiger partial charge in [0.1, 0.15) is 30.2 Å². The van der Waals surface area contributed by atoms with Crippen LogP contribution in [0.1, 0.15) is 109 Å². The molecule has 0 aromatic heterocycles. The number of aryl methyl sites for hydroxylation is 1. The second kappa shape index (κ2) is 25.9. The van der Waals surface area contributed by atoms with E-state index in [0.717, 1.165) is 24.8 Å². The lowest BCUT2D eigenvalue weighted by molar-refractivity contribution is -0.142. The third-order valence-electron chi connectivity index (χ3n) is 10.4. The second-order valence-corrected chi connectivity index (χ2v) is 15.8. The molecular weight excluding hydrogens is 799 g/mol. The van der Waals surface area contributed by atoms with Gasteiger partial charge in [0.2, 0.25) is 35.4 Å². The van der Waals surface area contributed by atoms with Crippen molar-refractivity contribution in [3.05, 3.63) is 35.4 Å². The maximum Gasteiger partial charge on any atom is 0.475 e. The Morgan fingerprint density at radius 2 is 1.21 bits per heavy atom. The fourth-order valence-corrected chi connectivity index (χ4v) is 6.97. The summed E-state index contributed by atoms with van der Waals surface area (Å²) in [6.07, 6.45) is 0.376. The van der Waals surface area contributed by atoms with Crippen LogP contribution in [0.15, 0.2) is 24.3 Å². The largest absolute Gasteiger partial charge is 0.481 e. The summed E-state index contributed by atoms with van der Waals surface area (Å²) in [4.78, 5) is 116. The molecule has 0 saturated heterocycles. The van der Waals surface area contributed by atoms with Crippen LogP contribution in [-0.2, 0) is 49.6 Å². The fourth-order valence-electron chi connectivity index (χ4n) is 6.97. The molecule has 338 valence electrons. The number of amides is 6. The molecule has 61 heavy (non-hydrogen) atoms. The Kier molecular flexibility index (Phi) is 21.9. The van der Waals surface area contributed by atoms with E-state index in [1.807, 2.05) is 13.8 Å². The molecule has 1 aliphatic rings. The molecule has 6 atom stereocenters. The second-order valence-electron chi connectivity index (χ2n) is 15.8. The van der Waals surface area contributed by atoms with Crippen LogP contribution in [0, 0.1) is 18.8 Å². The van der Waals surface area contributed by atoms with Crippen LogP contribution in [0.4, 0.5) is 0 Å². The smallest absolute Gasteiger partial charge is 0.475 e. The number of carbonyl (C=O) groups is 9. The minimum atomic E-state index is -1.85. The summed E-state index contributed by atoms with van der Waals surface area (Å²) in [5, 5.41) is 62.3. The monoisotopic (exact) mass is 860 g/mol. The van der Waals surface area contributed by atoms with Gasteiger partial charge in [0.15, 0.2) is 0 Å². The molecule has 0 spiro atoms. The van der Waals surface area contributed by atoms with E-state index < -0.39 is 129 Å². The molecule has 6 amide bonds. The van der Waals surface area contributed by atoms with Crippen molar-refractivity contribution in [1.29, 1.82) is 0 Å². The van der Waals surface area contributed by atoms with Crippen molar-refractivity contribution in [2.45, 2.75) is 147 Å². The molecule has 1 aliphatic carbocycles. The first-order valence-corrected chi connectivity index (χ1v) is 20.6. The van der Waals surface area contributed by atoms with Gasteiger partial charge in [-0.25, -0.2) is 0 Å². The summed E-state index contributed by atoms with van der Waals surface area (Å²) < 4.78 is 0. The van der Waals surface area contributed by atoms with Gasteiger partial charge in [-0.1, -0.05) is 64.3 Å². The SMILES string of the molecule is CCC(NC(=O)[C@H](CC(C)C)NC(=O)[C@@H](NC(=O)[C@H](Cc1ccccc1C)NC(=O)[C@H](CCC(=O)O)NC(=O)[C@H](CC(=O)O)NC(=O)CCC(=O)O)C1CCCCC1)B(O)O. The molecule has 1 aromatic rings. The highest BCUT2D eigenvalue weighted by molar-refractivity contribution is 6.43. The molecule has 1 saturated carbocycles. The third-order valence-corrected chi connectivity index (χ3v) is 10.4. The highest BCUT2D eigenvalue weighted by atomic mass is 16.4. The Labute approximate surface area is 354 Å². The average molecular weight is 861 g/mol. The van der Waals surface area contributed by atoms with Gasteiger partial charge in [-0.05, 0) is 62.0 Å². The summed E-state index contributed by atoms with van der Waals surface area (Å²) >= 11 is 0. The summed E-state index contributed by atoms with van der Waals surface area (Å²) in [7, 11) is -1.85. The van der Waals surface area contributed by atoms with Crippen LogP contribution < -0.4 is 31.9 Å².